The maximum Gasteiger partial charge on any atom is 0.227 e. The van der Waals surface area contributed by atoms with E-state index < -0.39 is 0 Å². The van der Waals surface area contributed by atoms with E-state index >= 15 is 0 Å². The molecule has 0 amide bonds. The molecule has 1 N–H and O–H groups in total. The summed E-state index contributed by atoms with van der Waals surface area (Å²) in [5, 5.41) is 5.14. The summed E-state index contributed by atoms with van der Waals surface area (Å²) in [5.74, 6) is 1.19. The molecule has 0 unspecified atom stereocenters. The number of hydrogen-bond acceptors (Lipinski definition) is 4. The number of pyridine rings is 1. The van der Waals surface area contributed by atoms with Gasteiger partial charge in [-0.25, -0.2) is 4.98 Å². The molecule has 3 aromatic rings. The average Bonchev–Trinajstić information content (AvgIpc) is 2.55. The summed E-state index contributed by atoms with van der Waals surface area (Å²) in [6, 6.07) is 14.8. The molecule has 0 bridgehead atoms. The Morgan fingerprint density at radius 3 is 2.57 bits per heavy atom. The molecular weight excluding hydrogens is 264 g/mol. The fourth-order valence-electron chi connectivity index (χ4n) is 2.21. The van der Waals surface area contributed by atoms with Gasteiger partial charge in [0, 0.05) is 35.3 Å². The van der Waals surface area contributed by atoms with Gasteiger partial charge in [-0.05, 0) is 42.5 Å². The Hall–Kier alpha value is -2.88. The van der Waals surface area contributed by atoms with E-state index in [0.29, 0.717) is 17.2 Å². The number of nitrogens with zero attached hydrogens (tertiary/aromatic N) is 1. The normalized spacial score (nSPS) is 10.3. The van der Waals surface area contributed by atoms with Gasteiger partial charge in [-0.2, -0.15) is 0 Å². The molecule has 104 valence electrons. The number of anilines is 1. The minimum Gasteiger partial charge on any atom is -0.438 e. The minimum absolute atomic E-state index is 0.545. The van der Waals surface area contributed by atoms with Gasteiger partial charge in [-0.3, -0.25) is 4.79 Å². The number of benzene rings is 2. The largest absolute Gasteiger partial charge is 0.438 e. The molecule has 4 nitrogen and oxygen atoms in total. The molecular formula is C17H14N2O2. The Bertz CT molecular complexity index is 782. The summed E-state index contributed by atoms with van der Waals surface area (Å²) < 4.78 is 5.84. The van der Waals surface area contributed by atoms with E-state index in [9.17, 15) is 4.79 Å². The van der Waals surface area contributed by atoms with E-state index in [2.05, 4.69) is 10.3 Å². The third kappa shape index (κ3) is 2.56. The Labute approximate surface area is 122 Å². The van der Waals surface area contributed by atoms with Gasteiger partial charge in [0.25, 0.3) is 0 Å². The second-order valence-electron chi connectivity index (χ2n) is 4.56. The second-order valence-corrected chi connectivity index (χ2v) is 4.56. The Kier molecular flexibility index (Phi) is 3.51. The lowest BCUT2D eigenvalue weighted by Crippen LogP contribution is -1.93. The molecule has 0 aliphatic heterocycles. The predicted octanol–water partition coefficient (Wildman–Crippen LogP) is 3.88. The molecule has 3 rings (SSSR count). The van der Waals surface area contributed by atoms with Crippen LogP contribution in [0, 0.1) is 0 Å². The van der Waals surface area contributed by atoms with Crippen molar-refractivity contribution < 1.29 is 9.53 Å². The Morgan fingerprint density at radius 1 is 1.05 bits per heavy atom. The summed E-state index contributed by atoms with van der Waals surface area (Å²) in [6.07, 6.45) is 2.53. The van der Waals surface area contributed by atoms with Crippen molar-refractivity contribution in [2.45, 2.75) is 0 Å². The number of carbonyl (C=O) groups is 1. The summed E-state index contributed by atoms with van der Waals surface area (Å²) in [7, 11) is 1.88. The molecule has 21 heavy (non-hydrogen) atoms. The number of aromatic nitrogens is 1. The summed E-state index contributed by atoms with van der Waals surface area (Å²) in [4.78, 5) is 15.0. The number of aldehydes is 1. The molecule has 1 aromatic heterocycles. The molecule has 2 aromatic carbocycles. The van der Waals surface area contributed by atoms with Crippen LogP contribution in [0.25, 0.3) is 10.8 Å². The van der Waals surface area contributed by atoms with Crippen LogP contribution in [0.15, 0.2) is 54.7 Å². The van der Waals surface area contributed by atoms with Gasteiger partial charge in [-0.15, -0.1) is 0 Å². The molecule has 0 saturated carbocycles. The first-order valence-electron chi connectivity index (χ1n) is 6.60. The molecule has 0 aliphatic carbocycles. The Morgan fingerprint density at radius 2 is 1.86 bits per heavy atom. The van der Waals surface area contributed by atoms with Gasteiger partial charge in [-0.1, -0.05) is 6.07 Å². The van der Waals surface area contributed by atoms with Gasteiger partial charge in [0.1, 0.15) is 12.0 Å². The molecule has 1 heterocycles. The zero-order valence-corrected chi connectivity index (χ0v) is 11.5. The van der Waals surface area contributed by atoms with E-state index in [0.717, 1.165) is 22.7 Å². The van der Waals surface area contributed by atoms with E-state index in [1.54, 1.807) is 30.5 Å². The van der Waals surface area contributed by atoms with Crippen LogP contribution >= 0.6 is 0 Å². The highest BCUT2D eigenvalue weighted by Crippen LogP contribution is 2.31. The van der Waals surface area contributed by atoms with Crippen LogP contribution in [-0.4, -0.2) is 18.3 Å². The van der Waals surface area contributed by atoms with Crippen LogP contribution in [0.1, 0.15) is 10.4 Å². The van der Waals surface area contributed by atoms with Gasteiger partial charge < -0.3 is 10.1 Å². The first kappa shape index (κ1) is 13.1. The number of hydrogen-bond donors (Lipinski definition) is 1. The molecule has 0 radical (unpaired) electrons. The smallest absolute Gasteiger partial charge is 0.227 e. The maximum absolute atomic E-state index is 10.7. The summed E-state index contributed by atoms with van der Waals surface area (Å²) >= 11 is 0. The number of fused-ring (bicyclic) bond motifs is 1. The topological polar surface area (TPSA) is 51.2 Å². The van der Waals surface area contributed by atoms with E-state index in [1.165, 1.54) is 0 Å². The first-order valence-corrected chi connectivity index (χ1v) is 6.60. The lowest BCUT2D eigenvalue weighted by atomic mass is 10.1. The molecule has 4 heteroatoms. The molecule has 0 atom stereocenters. The van der Waals surface area contributed by atoms with Crippen molar-refractivity contribution in [2.24, 2.45) is 0 Å². The fraction of sp³-hybridized carbons (Fsp3) is 0.0588. The zero-order chi connectivity index (χ0) is 14.7. The number of carbonyl (C=O) groups excluding carboxylic acids is 1. The molecule has 0 spiro atoms. The lowest BCUT2D eigenvalue weighted by Gasteiger charge is -2.10. The van der Waals surface area contributed by atoms with Crippen LogP contribution in [0.5, 0.6) is 11.6 Å². The SMILES string of the molecule is CNc1cccc2c(Oc3ccc(C=O)cc3)nccc12. The van der Waals surface area contributed by atoms with E-state index in [4.69, 9.17) is 4.74 Å². The molecule has 0 saturated heterocycles. The van der Waals surface area contributed by atoms with E-state index in [1.807, 2.05) is 31.3 Å². The standard InChI is InChI=1S/C17H14N2O2/c1-18-16-4-2-3-15-14(16)9-10-19-17(15)21-13-7-5-12(11-20)6-8-13/h2-11,18H,1H3. The highest BCUT2D eigenvalue weighted by atomic mass is 16.5. The van der Waals surface area contributed by atoms with Gasteiger partial charge >= 0.3 is 0 Å². The van der Waals surface area contributed by atoms with Crippen LogP contribution in [0.3, 0.4) is 0 Å². The number of ether oxygens (including phenoxy) is 1. The van der Waals surface area contributed by atoms with Crippen LogP contribution in [0.4, 0.5) is 5.69 Å². The van der Waals surface area contributed by atoms with Crippen molar-refractivity contribution in [2.75, 3.05) is 12.4 Å². The first-order chi connectivity index (χ1) is 10.3. The maximum atomic E-state index is 10.7. The third-order valence-corrected chi connectivity index (χ3v) is 3.27. The van der Waals surface area contributed by atoms with Crippen molar-refractivity contribution in [3.63, 3.8) is 0 Å². The average molecular weight is 278 g/mol. The number of rotatable bonds is 4. The van der Waals surface area contributed by atoms with Crippen LogP contribution in [-0.2, 0) is 0 Å². The van der Waals surface area contributed by atoms with Crippen molar-refractivity contribution in [3.05, 3.63) is 60.3 Å². The summed E-state index contributed by atoms with van der Waals surface area (Å²) in [6.45, 7) is 0. The number of nitrogens with one attached hydrogen (secondary N) is 1. The minimum atomic E-state index is 0.545. The quantitative estimate of drug-likeness (QED) is 0.736. The molecule has 0 fully saturated rings. The van der Waals surface area contributed by atoms with Crippen LogP contribution < -0.4 is 10.1 Å². The third-order valence-electron chi connectivity index (χ3n) is 3.27. The van der Waals surface area contributed by atoms with Crippen molar-refractivity contribution in [1.82, 2.24) is 4.98 Å². The second kappa shape index (κ2) is 5.63. The van der Waals surface area contributed by atoms with E-state index in [-0.39, 0.29) is 0 Å². The molecule has 0 aliphatic rings. The van der Waals surface area contributed by atoms with Crippen molar-refractivity contribution >= 4 is 22.7 Å². The van der Waals surface area contributed by atoms with Crippen molar-refractivity contribution in [3.8, 4) is 11.6 Å². The Balaban J connectivity index is 2.02. The van der Waals surface area contributed by atoms with Gasteiger partial charge in [0.05, 0.1) is 0 Å². The highest BCUT2D eigenvalue weighted by molar-refractivity contribution is 5.96. The monoisotopic (exact) mass is 278 g/mol. The highest BCUT2D eigenvalue weighted by Gasteiger charge is 2.07. The van der Waals surface area contributed by atoms with Gasteiger partial charge in [0.15, 0.2) is 0 Å². The fourth-order valence-corrected chi connectivity index (χ4v) is 2.21. The zero-order valence-electron chi connectivity index (χ0n) is 11.5. The van der Waals surface area contributed by atoms with Gasteiger partial charge in [0.2, 0.25) is 5.88 Å². The summed E-state index contributed by atoms with van der Waals surface area (Å²) in [5.41, 5.74) is 1.64. The van der Waals surface area contributed by atoms with Crippen molar-refractivity contribution in [1.29, 1.82) is 0 Å². The lowest BCUT2D eigenvalue weighted by molar-refractivity contribution is 0.112. The van der Waals surface area contributed by atoms with Crippen LogP contribution in [0.2, 0.25) is 0 Å². The predicted molar refractivity (Wildman–Crippen MR) is 83.2 cm³/mol.